The normalized spacial score (nSPS) is 11.8. The molecule has 28 heavy (non-hydrogen) atoms. The Balaban J connectivity index is 2.24. The van der Waals surface area contributed by atoms with Crippen LogP contribution in [0.3, 0.4) is 0 Å². The number of aryl methyl sites for hydroxylation is 1. The van der Waals surface area contributed by atoms with E-state index >= 15 is 0 Å². The highest BCUT2D eigenvalue weighted by atomic mass is 16.6. The van der Waals surface area contributed by atoms with Crippen LogP contribution in [0.15, 0.2) is 42.4 Å². The average Bonchev–Trinajstić information content (AvgIpc) is 2.62. The number of pyridine rings is 1. The summed E-state index contributed by atoms with van der Waals surface area (Å²) in [7, 11) is 0. The molecule has 7 nitrogen and oxygen atoms in total. The van der Waals surface area contributed by atoms with Crippen LogP contribution in [0.4, 0.5) is 5.82 Å². The highest BCUT2D eigenvalue weighted by molar-refractivity contribution is 6.10. The van der Waals surface area contributed by atoms with Gasteiger partial charge in [0.15, 0.2) is 5.88 Å². The number of esters is 1. The molecule has 2 rings (SSSR count). The van der Waals surface area contributed by atoms with Crippen molar-refractivity contribution in [2.45, 2.75) is 33.3 Å². The Morgan fingerprint density at radius 2 is 2.04 bits per heavy atom. The van der Waals surface area contributed by atoms with Crippen molar-refractivity contribution in [2.75, 3.05) is 5.32 Å². The van der Waals surface area contributed by atoms with Gasteiger partial charge in [0.2, 0.25) is 0 Å². The number of carbonyl (C=O) groups is 1. The third-order valence-corrected chi connectivity index (χ3v) is 3.69. The summed E-state index contributed by atoms with van der Waals surface area (Å²) in [4.78, 5) is 16.1. The predicted octanol–water partition coefficient (Wildman–Crippen LogP) is 4.21. The molecule has 0 saturated heterocycles. The van der Waals surface area contributed by atoms with Crippen LogP contribution in [0.1, 0.15) is 47.8 Å². The number of carbonyl (C=O) groups excluding carboxylic acids is 1. The fourth-order valence-electron chi connectivity index (χ4n) is 2.42. The number of nitriles is 1. The van der Waals surface area contributed by atoms with E-state index < -0.39 is 11.6 Å². The molecule has 2 aromatic rings. The summed E-state index contributed by atoms with van der Waals surface area (Å²) in [6.45, 7) is 7.13. The van der Waals surface area contributed by atoms with Gasteiger partial charge in [-0.1, -0.05) is 6.07 Å². The molecule has 1 heterocycles. The minimum atomic E-state index is -0.604. The van der Waals surface area contributed by atoms with Crippen LogP contribution >= 0.6 is 0 Å². The summed E-state index contributed by atoms with van der Waals surface area (Å²) in [5.74, 6) is -0.449. The van der Waals surface area contributed by atoms with Gasteiger partial charge < -0.3 is 20.6 Å². The summed E-state index contributed by atoms with van der Waals surface area (Å²) in [5, 5.41) is 29.7. The van der Waals surface area contributed by atoms with E-state index in [9.17, 15) is 9.90 Å². The number of ether oxygens (including phenoxy) is 1. The third kappa shape index (κ3) is 5.17. The molecule has 3 N–H and O–H groups in total. The van der Waals surface area contributed by atoms with Crippen molar-refractivity contribution >= 4 is 23.6 Å². The minimum Gasteiger partial charge on any atom is -0.494 e. The minimum absolute atomic E-state index is 0.250. The largest absolute Gasteiger partial charge is 0.494 e. The average molecular weight is 378 g/mol. The Bertz CT molecular complexity index is 965. The molecule has 1 aromatic carbocycles. The van der Waals surface area contributed by atoms with Gasteiger partial charge in [-0.15, -0.1) is 0 Å². The van der Waals surface area contributed by atoms with Crippen molar-refractivity contribution in [1.82, 2.24) is 4.98 Å². The zero-order valence-electron chi connectivity index (χ0n) is 16.2. The first-order valence-electron chi connectivity index (χ1n) is 8.56. The molecule has 0 aliphatic heterocycles. The van der Waals surface area contributed by atoms with Crippen LogP contribution in [0.5, 0.6) is 0 Å². The molecular weight excluding hydrogens is 356 g/mol. The number of nitrogens with one attached hydrogen (secondary N) is 2. The molecular formula is C21H22N4O3. The molecule has 144 valence electrons. The van der Waals surface area contributed by atoms with E-state index in [1.54, 1.807) is 45.9 Å². The number of nitrogens with zero attached hydrogens (tertiary/aromatic N) is 2. The van der Waals surface area contributed by atoms with Crippen LogP contribution in [0.25, 0.3) is 5.57 Å². The van der Waals surface area contributed by atoms with Crippen LogP contribution in [-0.2, 0) is 4.74 Å². The van der Waals surface area contributed by atoms with Crippen molar-refractivity contribution in [3.8, 4) is 6.07 Å². The number of benzene rings is 1. The quantitative estimate of drug-likeness (QED) is 0.407. The maximum atomic E-state index is 12.0. The topological polar surface area (TPSA) is 119 Å². The Morgan fingerprint density at radius 1 is 1.32 bits per heavy atom. The number of anilines is 1. The summed E-state index contributed by atoms with van der Waals surface area (Å²) in [5.41, 5.74) is 1.80. The third-order valence-electron chi connectivity index (χ3n) is 3.69. The predicted molar refractivity (Wildman–Crippen MR) is 107 cm³/mol. The number of aliphatic hydroxyl groups is 1. The van der Waals surface area contributed by atoms with E-state index in [0.717, 1.165) is 11.8 Å². The lowest BCUT2D eigenvalue weighted by Crippen LogP contribution is -2.24. The Morgan fingerprint density at radius 3 is 2.54 bits per heavy atom. The standard InChI is InChI=1S/C21H22N4O3/c1-13-9-14(10-22)5-7-16(13)17(11-23)19(26)25-18-8-6-15(12-24-18)20(27)28-21(2,3)4/h5-9,11-12,23,26H,1-4H3,(H,24,25)/b19-17-,23-11?. The van der Waals surface area contributed by atoms with E-state index in [4.69, 9.17) is 15.4 Å². The van der Waals surface area contributed by atoms with Gasteiger partial charge in [-0.05, 0) is 63.1 Å². The summed E-state index contributed by atoms with van der Waals surface area (Å²) < 4.78 is 5.28. The van der Waals surface area contributed by atoms with Crippen LogP contribution in [-0.4, -0.2) is 27.9 Å². The van der Waals surface area contributed by atoms with Crippen molar-refractivity contribution in [3.05, 3.63) is 64.7 Å². The molecule has 0 radical (unpaired) electrons. The number of hydrogen-bond acceptors (Lipinski definition) is 7. The van der Waals surface area contributed by atoms with E-state index in [2.05, 4.69) is 16.4 Å². The SMILES string of the molecule is Cc1cc(C#N)ccc1/C(C=N)=C(\O)Nc1ccc(C(=O)OC(C)(C)C)cn1. The number of rotatable bonds is 5. The highest BCUT2D eigenvalue weighted by Crippen LogP contribution is 2.22. The van der Waals surface area contributed by atoms with E-state index in [1.807, 2.05) is 0 Å². The molecule has 0 aliphatic carbocycles. The maximum absolute atomic E-state index is 12.0. The zero-order chi connectivity index (χ0) is 20.9. The molecule has 0 unspecified atom stereocenters. The molecule has 0 fully saturated rings. The monoisotopic (exact) mass is 378 g/mol. The summed E-state index contributed by atoms with van der Waals surface area (Å²) in [6.07, 6.45) is 2.37. The number of aromatic nitrogens is 1. The van der Waals surface area contributed by atoms with Crippen LogP contribution in [0.2, 0.25) is 0 Å². The molecule has 0 aliphatic rings. The smallest absolute Gasteiger partial charge is 0.340 e. The molecule has 7 heteroatoms. The van der Waals surface area contributed by atoms with Gasteiger partial charge >= 0.3 is 5.97 Å². The van der Waals surface area contributed by atoms with E-state index in [-0.39, 0.29) is 11.5 Å². The van der Waals surface area contributed by atoms with Crippen molar-refractivity contribution in [3.63, 3.8) is 0 Å². The lowest BCUT2D eigenvalue weighted by atomic mass is 9.99. The fourth-order valence-corrected chi connectivity index (χ4v) is 2.42. The maximum Gasteiger partial charge on any atom is 0.340 e. The number of hydrogen-bond donors (Lipinski definition) is 3. The van der Waals surface area contributed by atoms with Gasteiger partial charge in [-0.25, -0.2) is 9.78 Å². The van der Waals surface area contributed by atoms with Gasteiger partial charge in [0, 0.05) is 12.4 Å². The highest BCUT2D eigenvalue weighted by Gasteiger charge is 2.18. The van der Waals surface area contributed by atoms with Gasteiger partial charge in [0.25, 0.3) is 0 Å². The summed E-state index contributed by atoms with van der Waals surface area (Å²) >= 11 is 0. The van der Waals surface area contributed by atoms with Gasteiger partial charge in [-0.3, -0.25) is 0 Å². The van der Waals surface area contributed by atoms with E-state index in [0.29, 0.717) is 22.5 Å². The van der Waals surface area contributed by atoms with Crippen molar-refractivity contribution in [1.29, 1.82) is 10.7 Å². The molecule has 0 bridgehead atoms. The first-order chi connectivity index (χ1) is 13.1. The number of aliphatic hydroxyl groups excluding tert-OH is 1. The summed E-state index contributed by atoms with van der Waals surface area (Å²) in [6, 6.07) is 10.1. The Hall–Kier alpha value is -3.66. The fraction of sp³-hybridized carbons (Fsp3) is 0.238. The lowest BCUT2D eigenvalue weighted by Gasteiger charge is -2.19. The Kier molecular flexibility index (Phi) is 6.16. The second-order valence-corrected chi connectivity index (χ2v) is 7.11. The van der Waals surface area contributed by atoms with E-state index in [1.165, 1.54) is 18.3 Å². The molecule has 1 aromatic heterocycles. The van der Waals surface area contributed by atoms with Crippen molar-refractivity contribution < 1.29 is 14.6 Å². The first kappa shape index (κ1) is 20.6. The second kappa shape index (κ2) is 8.35. The molecule has 0 amide bonds. The van der Waals surface area contributed by atoms with Gasteiger partial charge in [0.1, 0.15) is 11.4 Å². The number of allylic oxidation sites excluding steroid dienone is 1. The van der Waals surface area contributed by atoms with Gasteiger partial charge in [0.05, 0.1) is 22.8 Å². The van der Waals surface area contributed by atoms with Gasteiger partial charge in [-0.2, -0.15) is 5.26 Å². The molecule has 0 atom stereocenters. The Labute approximate surface area is 163 Å². The van der Waals surface area contributed by atoms with Crippen LogP contribution in [0, 0.1) is 23.7 Å². The van der Waals surface area contributed by atoms with Crippen molar-refractivity contribution in [2.24, 2.45) is 0 Å². The van der Waals surface area contributed by atoms with Crippen LogP contribution < -0.4 is 5.32 Å². The first-order valence-corrected chi connectivity index (χ1v) is 8.56. The molecule has 0 saturated carbocycles. The lowest BCUT2D eigenvalue weighted by molar-refractivity contribution is 0.00691. The molecule has 0 spiro atoms. The second-order valence-electron chi connectivity index (χ2n) is 7.11. The zero-order valence-corrected chi connectivity index (χ0v) is 16.2.